The Balaban J connectivity index is 1.57. The van der Waals surface area contributed by atoms with Crippen LogP contribution < -0.4 is 4.74 Å². The molecule has 7 nitrogen and oxygen atoms in total. The summed E-state index contributed by atoms with van der Waals surface area (Å²) in [5, 5.41) is 11.4. The molecule has 5 rings (SSSR count). The Hall–Kier alpha value is -2.80. The summed E-state index contributed by atoms with van der Waals surface area (Å²) in [6.07, 6.45) is 12.2. The molecule has 2 bridgehead atoms. The molecular weight excluding hydrogens is 446 g/mol. The van der Waals surface area contributed by atoms with Gasteiger partial charge in [-0.1, -0.05) is 6.42 Å². The number of hydrogen-bond acceptors (Lipinski definition) is 7. The topological polar surface area (TPSA) is 85.3 Å². The Bertz CT molecular complexity index is 1090. The van der Waals surface area contributed by atoms with Gasteiger partial charge in [-0.15, -0.1) is 0 Å². The van der Waals surface area contributed by atoms with Crippen LogP contribution in [0.15, 0.2) is 24.0 Å². The number of hydrogen-bond donors (Lipinski definition) is 1. The Kier molecular flexibility index (Phi) is 6.38. The van der Waals surface area contributed by atoms with E-state index >= 15 is 0 Å². The predicted octanol–water partition coefficient (Wildman–Crippen LogP) is 3.91. The van der Waals surface area contributed by atoms with Gasteiger partial charge < -0.3 is 24.2 Å². The maximum atomic E-state index is 13.0. The van der Waals surface area contributed by atoms with E-state index in [1.54, 1.807) is 12.1 Å². The monoisotopic (exact) mass is 481 g/mol. The molecule has 0 spiro atoms. The molecule has 35 heavy (non-hydrogen) atoms. The quantitative estimate of drug-likeness (QED) is 0.504. The van der Waals surface area contributed by atoms with Gasteiger partial charge >= 0.3 is 5.97 Å². The highest BCUT2D eigenvalue weighted by Gasteiger charge is 2.57. The zero-order chi connectivity index (χ0) is 24.7. The number of nitrogens with zero attached hydrogens (tertiary/aromatic N) is 1. The van der Waals surface area contributed by atoms with Crippen molar-refractivity contribution in [2.24, 2.45) is 5.92 Å². The van der Waals surface area contributed by atoms with E-state index in [4.69, 9.17) is 14.2 Å². The van der Waals surface area contributed by atoms with Gasteiger partial charge in [0.1, 0.15) is 6.10 Å². The molecule has 0 unspecified atom stereocenters. The van der Waals surface area contributed by atoms with Gasteiger partial charge in [0.2, 0.25) is 0 Å². The molecular formula is C28H35NO6. The molecule has 188 valence electrons. The number of piperidine rings is 1. The van der Waals surface area contributed by atoms with Gasteiger partial charge in [0.15, 0.2) is 23.0 Å². The number of ketones is 1. The normalized spacial score (nSPS) is 28.8. The summed E-state index contributed by atoms with van der Waals surface area (Å²) in [6.45, 7) is 0.833. The number of carbonyl (C=O) groups is 2. The number of phenols is 1. The van der Waals surface area contributed by atoms with Crippen LogP contribution >= 0.6 is 0 Å². The number of methoxy groups -OCH3 is 2. The molecule has 0 amide bonds. The summed E-state index contributed by atoms with van der Waals surface area (Å²) in [5.74, 6) is 0.496. The standard InChI is InChI=1S/C28H35NO6/c1-29-12-11-28-16-22(30)23(33-2)15-20(28)21(29)14-19-17(13-24(34-3)27(32)26(19)28)9-10-25(31)35-18-7-5-4-6-8-18/h9-10,13,15,18,20-21,32H,4-8,11-12,14,16H2,1-3H3/b10-9+/t20-,21+,28-/m0/s1. The molecule has 1 heterocycles. The van der Waals surface area contributed by atoms with Crippen molar-refractivity contribution in [1.29, 1.82) is 0 Å². The van der Waals surface area contributed by atoms with Crippen LogP contribution in [0.2, 0.25) is 0 Å². The van der Waals surface area contributed by atoms with Gasteiger partial charge in [-0.25, -0.2) is 4.79 Å². The number of ether oxygens (including phenoxy) is 3. The van der Waals surface area contributed by atoms with Gasteiger partial charge in [-0.3, -0.25) is 4.79 Å². The molecule has 1 saturated carbocycles. The van der Waals surface area contributed by atoms with Crippen LogP contribution in [-0.2, 0) is 30.9 Å². The van der Waals surface area contributed by atoms with Crippen LogP contribution in [0, 0.1) is 5.92 Å². The first-order valence-corrected chi connectivity index (χ1v) is 12.7. The minimum absolute atomic E-state index is 0.00755. The van der Waals surface area contributed by atoms with Gasteiger partial charge in [-0.2, -0.15) is 0 Å². The summed E-state index contributed by atoms with van der Waals surface area (Å²) in [4.78, 5) is 28.0. The van der Waals surface area contributed by atoms with Crippen molar-refractivity contribution in [2.45, 2.75) is 68.9 Å². The van der Waals surface area contributed by atoms with Crippen molar-refractivity contribution < 1.29 is 28.9 Å². The summed E-state index contributed by atoms with van der Waals surface area (Å²) >= 11 is 0. The molecule has 2 fully saturated rings. The van der Waals surface area contributed by atoms with Crippen molar-refractivity contribution >= 4 is 17.8 Å². The van der Waals surface area contributed by atoms with Crippen molar-refractivity contribution in [1.82, 2.24) is 4.90 Å². The van der Waals surface area contributed by atoms with Crippen LogP contribution in [0.4, 0.5) is 0 Å². The van der Waals surface area contributed by atoms with E-state index in [0.717, 1.165) is 55.3 Å². The number of benzene rings is 1. The first-order chi connectivity index (χ1) is 16.9. The van der Waals surface area contributed by atoms with Crippen molar-refractivity contribution in [3.05, 3.63) is 40.7 Å². The van der Waals surface area contributed by atoms with Crippen molar-refractivity contribution in [3.63, 3.8) is 0 Å². The number of Topliss-reactive ketones (excluding diaryl/α,β-unsaturated/α-hetero) is 1. The van der Waals surface area contributed by atoms with E-state index in [1.165, 1.54) is 26.7 Å². The summed E-state index contributed by atoms with van der Waals surface area (Å²) < 4.78 is 16.6. The second-order valence-corrected chi connectivity index (χ2v) is 10.4. The van der Waals surface area contributed by atoms with E-state index < -0.39 is 5.41 Å². The summed E-state index contributed by atoms with van der Waals surface area (Å²) in [6, 6.07) is 1.94. The second kappa shape index (κ2) is 9.34. The third-order valence-corrected chi connectivity index (χ3v) is 8.60. The van der Waals surface area contributed by atoms with E-state index in [0.29, 0.717) is 17.9 Å². The number of esters is 1. The van der Waals surface area contributed by atoms with Crippen molar-refractivity contribution in [3.8, 4) is 11.5 Å². The lowest BCUT2D eigenvalue weighted by atomic mass is 9.53. The number of likely N-dealkylation sites (N-methyl/N-ethyl adjacent to an activating group) is 1. The van der Waals surface area contributed by atoms with E-state index in [9.17, 15) is 14.7 Å². The maximum Gasteiger partial charge on any atom is 0.331 e. The number of phenolic OH excluding ortho intramolecular Hbond substituents is 1. The largest absolute Gasteiger partial charge is 0.504 e. The highest BCUT2D eigenvalue weighted by Crippen LogP contribution is 2.58. The van der Waals surface area contributed by atoms with Crippen LogP contribution in [-0.4, -0.2) is 61.7 Å². The van der Waals surface area contributed by atoms with Crippen LogP contribution in [0.5, 0.6) is 11.5 Å². The SMILES string of the molecule is COC1=C[C@H]2[C@H]3Cc4c(/C=C/C(=O)OC5CCCCC5)cc(OC)c(O)c4[C@@]2(CCN3C)CC1=O. The molecule has 1 aromatic carbocycles. The van der Waals surface area contributed by atoms with Gasteiger partial charge in [0.05, 0.1) is 14.2 Å². The molecule has 1 saturated heterocycles. The molecule has 0 radical (unpaired) electrons. The number of likely N-dealkylation sites (tertiary alicyclic amines) is 1. The average molecular weight is 482 g/mol. The summed E-state index contributed by atoms with van der Waals surface area (Å²) in [5.41, 5.74) is 2.04. The molecule has 3 aliphatic carbocycles. The van der Waals surface area contributed by atoms with E-state index in [-0.39, 0.29) is 42.0 Å². The zero-order valence-corrected chi connectivity index (χ0v) is 20.8. The fraction of sp³-hybridized carbons (Fsp3) is 0.571. The molecule has 1 aromatic rings. The number of aromatic hydroxyl groups is 1. The molecule has 0 aromatic heterocycles. The number of carbonyl (C=O) groups excluding carboxylic acids is 2. The van der Waals surface area contributed by atoms with E-state index in [1.807, 2.05) is 6.08 Å². The van der Waals surface area contributed by atoms with Crippen LogP contribution in [0.3, 0.4) is 0 Å². The fourth-order valence-electron chi connectivity index (χ4n) is 6.82. The third kappa shape index (κ3) is 4.03. The first-order valence-electron chi connectivity index (χ1n) is 12.7. The Morgan fingerprint density at radius 1 is 1.20 bits per heavy atom. The lowest BCUT2D eigenvalue weighted by Gasteiger charge is -2.56. The van der Waals surface area contributed by atoms with E-state index in [2.05, 4.69) is 11.9 Å². The first kappa shape index (κ1) is 23.9. The predicted molar refractivity (Wildman–Crippen MR) is 131 cm³/mol. The van der Waals surface area contributed by atoms with Gasteiger partial charge in [-0.05, 0) is 81.5 Å². The van der Waals surface area contributed by atoms with Gasteiger partial charge in [0.25, 0.3) is 0 Å². The Morgan fingerprint density at radius 3 is 2.69 bits per heavy atom. The zero-order valence-electron chi connectivity index (χ0n) is 20.8. The molecule has 7 heteroatoms. The smallest absolute Gasteiger partial charge is 0.331 e. The molecule has 1 N–H and O–H groups in total. The highest BCUT2D eigenvalue weighted by molar-refractivity contribution is 5.96. The number of rotatable bonds is 5. The van der Waals surface area contributed by atoms with Crippen LogP contribution in [0.1, 0.15) is 61.6 Å². The number of fused-ring (bicyclic) bond motifs is 1. The second-order valence-electron chi connectivity index (χ2n) is 10.4. The molecule has 4 aliphatic rings. The van der Waals surface area contributed by atoms with Crippen molar-refractivity contribution in [2.75, 3.05) is 27.8 Å². The maximum absolute atomic E-state index is 13.0. The number of allylic oxidation sites excluding steroid dienone is 1. The minimum Gasteiger partial charge on any atom is -0.504 e. The third-order valence-electron chi connectivity index (χ3n) is 8.60. The Labute approximate surface area is 206 Å². The summed E-state index contributed by atoms with van der Waals surface area (Å²) in [7, 11) is 5.17. The lowest BCUT2D eigenvalue weighted by molar-refractivity contribution is -0.144. The van der Waals surface area contributed by atoms with Gasteiger partial charge in [0, 0.05) is 35.4 Å². The minimum atomic E-state index is -0.534. The lowest BCUT2D eigenvalue weighted by Crippen LogP contribution is -2.60. The van der Waals surface area contributed by atoms with Crippen LogP contribution in [0.25, 0.3) is 6.08 Å². The highest BCUT2D eigenvalue weighted by atomic mass is 16.5. The average Bonchev–Trinajstić information content (AvgIpc) is 2.85. The molecule has 3 atom stereocenters. The Morgan fingerprint density at radius 2 is 1.97 bits per heavy atom. The fourth-order valence-corrected chi connectivity index (χ4v) is 6.82. The molecule has 1 aliphatic heterocycles.